The van der Waals surface area contributed by atoms with Gasteiger partial charge in [-0.1, -0.05) is 31.9 Å². The minimum Gasteiger partial charge on any atom is -0.301 e. The van der Waals surface area contributed by atoms with Crippen molar-refractivity contribution in [3.63, 3.8) is 0 Å². The summed E-state index contributed by atoms with van der Waals surface area (Å²) in [6, 6.07) is 0. The smallest absolute Gasteiger partial charge is 0.258 e. The Morgan fingerprint density at radius 3 is 3.00 bits per heavy atom. The van der Waals surface area contributed by atoms with E-state index in [-0.39, 0.29) is 11.3 Å². The predicted molar refractivity (Wildman–Crippen MR) is 48.0 cm³/mol. The summed E-state index contributed by atoms with van der Waals surface area (Å²) in [6.45, 7) is 0. The van der Waals surface area contributed by atoms with Crippen LogP contribution in [0, 0.1) is 0 Å². The number of carbonyl (C=O) groups is 1. The number of alkyl halides is 2. The van der Waals surface area contributed by atoms with Crippen LogP contribution in [0.4, 0.5) is 0 Å². The van der Waals surface area contributed by atoms with Gasteiger partial charge >= 0.3 is 0 Å². The molecule has 2 nitrogen and oxygen atoms in total. The fraction of sp³-hybridized carbons (Fsp3) is 0.400. The monoisotopic (exact) mass is 283 g/mol. The van der Waals surface area contributed by atoms with E-state index in [4.69, 9.17) is 0 Å². The van der Waals surface area contributed by atoms with Gasteiger partial charge in [-0.25, -0.2) is 0 Å². The number of hydrogen-bond acceptors (Lipinski definition) is 2. The second kappa shape index (κ2) is 2.01. The van der Waals surface area contributed by atoms with Gasteiger partial charge in [0.05, 0.1) is 0 Å². The Hall–Kier alpha value is 0.520. The van der Waals surface area contributed by atoms with E-state index in [1.165, 1.54) is 0 Å². The molecule has 1 saturated heterocycles. The van der Waals surface area contributed by atoms with E-state index in [2.05, 4.69) is 31.9 Å². The van der Waals surface area contributed by atoms with Crippen molar-refractivity contribution >= 4 is 49.5 Å². The maximum Gasteiger partial charge on any atom is 0.258 e. The third-order valence-corrected chi connectivity index (χ3v) is 4.78. The summed E-state index contributed by atoms with van der Waals surface area (Å²) in [5.41, 5.74) is 0. The van der Waals surface area contributed by atoms with Crippen molar-refractivity contribution in [2.45, 2.75) is 8.61 Å². The fourth-order valence-electron chi connectivity index (χ4n) is 0.965. The lowest BCUT2D eigenvalue weighted by atomic mass is 10.2. The lowest BCUT2D eigenvalue weighted by Crippen LogP contribution is -2.62. The van der Waals surface area contributed by atoms with Crippen LogP contribution in [0.5, 0.6) is 0 Å². The first-order chi connectivity index (χ1) is 4.64. The molecule has 0 aromatic heterocycles. The van der Waals surface area contributed by atoms with Crippen molar-refractivity contribution in [3.8, 4) is 0 Å². The highest BCUT2D eigenvalue weighted by atomic mass is 79.9. The van der Waals surface area contributed by atoms with Crippen molar-refractivity contribution in [2.24, 2.45) is 0 Å². The predicted octanol–water partition coefficient (Wildman–Crippen LogP) is 1.86. The van der Waals surface area contributed by atoms with Gasteiger partial charge in [-0.2, -0.15) is 0 Å². The second-order valence-electron chi connectivity index (χ2n) is 2.11. The molecule has 0 saturated carbocycles. The van der Waals surface area contributed by atoms with Gasteiger partial charge in [-0.15, -0.1) is 11.8 Å². The molecule has 5 heteroatoms. The number of thioether (sulfide) groups is 1. The van der Waals surface area contributed by atoms with Crippen molar-refractivity contribution < 1.29 is 4.79 Å². The average Bonchev–Trinajstić information content (AvgIpc) is 2.31. The van der Waals surface area contributed by atoms with Gasteiger partial charge in [0.1, 0.15) is 5.37 Å². The van der Waals surface area contributed by atoms with Crippen LogP contribution in [-0.4, -0.2) is 19.4 Å². The van der Waals surface area contributed by atoms with Gasteiger partial charge in [-0.3, -0.25) is 4.79 Å². The molecule has 0 aromatic rings. The summed E-state index contributed by atoms with van der Waals surface area (Å²) in [7, 11) is 0. The van der Waals surface area contributed by atoms with Crippen LogP contribution in [0.2, 0.25) is 0 Å². The molecule has 0 bridgehead atoms. The highest BCUT2D eigenvalue weighted by Gasteiger charge is 2.59. The quantitative estimate of drug-likeness (QED) is 0.500. The first-order valence-corrected chi connectivity index (χ1v) is 5.19. The summed E-state index contributed by atoms with van der Waals surface area (Å²) >= 11 is 8.24. The van der Waals surface area contributed by atoms with Crippen molar-refractivity contribution in [1.29, 1.82) is 0 Å². The zero-order valence-electron chi connectivity index (χ0n) is 4.75. The Kier molecular flexibility index (Phi) is 1.45. The van der Waals surface area contributed by atoms with Gasteiger partial charge in [-0.05, 0) is 5.41 Å². The lowest BCUT2D eigenvalue weighted by molar-refractivity contribution is -0.137. The highest BCUT2D eigenvalue weighted by molar-refractivity contribution is 9.26. The molecule has 0 spiro atoms. The zero-order valence-corrected chi connectivity index (χ0v) is 8.74. The van der Waals surface area contributed by atoms with Gasteiger partial charge < -0.3 is 4.90 Å². The van der Waals surface area contributed by atoms with E-state index in [1.807, 2.05) is 5.41 Å². The number of rotatable bonds is 0. The molecule has 1 atom stereocenters. The van der Waals surface area contributed by atoms with Gasteiger partial charge in [0, 0.05) is 6.20 Å². The van der Waals surface area contributed by atoms with E-state index in [0.717, 1.165) is 0 Å². The topological polar surface area (TPSA) is 20.3 Å². The minimum atomic E-state index is -0.506. The lowest BCUT2D eigenvalue weighted by Gasteiger charge is -2.43. The molecule has 2 aliphatic heterocycles. The minimum absolute atomic E-state index is 0.0822. The summed E-state index contributed by atoms with van der Waals surface area (Å²) in [5.74, 6) is 0.0822. The third-order valence-electron chi connectivity index (χ3n) is 1.51. The Morgan fingerprint density at radius 1 is 1.70 bits per heavy atom. The van der Waals surface area contributed by atoms with Crippen LogP contribution in [0.3, 0.4) is 0 Å². The average molecular weight is 285 g/mol. The Bertz CT molecular complexity index is 228. The molecule has 0 aromatic carbocycles. The second-order valence-corrected chi connectivity index (χ2v) is 6.67. The number of fused-ring (bicyclic) bond motifs is 1. The van der Waals surface area contributed by atoms with E-state index < -0.39 is 3.23 Å². The zero-order chi connectivity index (χ0) is 7.35. The van der Waals surface area contributed by atoms with Crippen LogP contribution < -0.4 is 0 Å². The maximum atomic E-state index is 11.1. The summed E-state index contributed by atoms with van der Waals surface area (Å²) < 4.78 is -0.506. The number of carbonyl (C=O) groups excluding carboxylic acids is 1. The molecule has 2 aliphatic rings. The van der Waals surface area contributed by atoms with Gasteiger partial charge in [0.25, 0.3) is 5.91 Å². The molecule has 0 aliphatic carbocycles. The van der Waals surface area contributed by atoms with Gasteiger partial charge in [0.15, 0.2) is 3.23 Å². The van der Waals surface area contributed by atoms with E-state index >= 15 is 0 Å². The van der Waals surface area contributed by atoms with Crippen molar-refractivity contribution in [2.75, 3.05) is 0 Å². The van der Waals surface area contributed by atoms with Crippen LogP contribution in [0.25, 0.3) is 0 Å². The Balaban J connectivity index is 2.28. The van der Waals surface area contributed by atoms with Crippen molar-refractivity contribution in [1.82, 2.24) is 4.90 Å². The van der Waals surface area contributed by atoms with E-state index in [0.29, 0.717) is 0 Å². The number of halogens is 2. The molecule has 2 heterocycles. The first kappa shape index (κ1) is 7.18. The van der Waals surface area contributed by atoms with Crippen molar-refractivity contribution in [3.05, 3.63) is 11.6 Å². The molecule has 0 radical (unpaired) electrons. The van der Waals surface area contributed by atoms with E-state index in [1.54, 1.807) is 22.9 Å². The number of hydrogen-bond donors (Lipinski definition) is 0. The van der Waals surface area contributed by atoms with Crippen LogP contribution in [0.1, 0.15) is 0 Å². The summed E-state index contributed by atoms with van der Waals surface area (Å²) in [5, 5.41) is 2.13. The Labute approximate surface area is 79.3 Å². The molecule has 2 rings (SSSR count). The largest absolute Gasteiger partial charge is 0.301 e. The van der Waals surface area contributed by atoms with Gasteiger partial charge in [0.2, 0.25) is 0 Å². The normalized spacial score (nSPS) is 34.0. The number of β-lactam (4-membered cyclic amide) rings is 1. The fourth-order valence-corrected chi connectivity index (χ4v) is 3.38. The first-order valence-electron chi connectivity index (χ1n) is 2.67. The maximum absolute atomic E-state index is 11.1. The molecular formula is C5H3Br2NOS. The molecule has 1 amide bonds. The van der Waals surface area contributed by atoms with Crippen LogP contribution >= 0.6 is 43.6 Å². The number of amides is 1. The standard InChI is InChI=1S/C5H3Br2NOS/c6-5(7)3(9)8-1-2-10-4(5)8/h1-2,4H/t4-/m1/s1. The number of nitrogens with zero attached hydrogens (tertiary/aromatic N) is 1. The molecule has 1 fully saturated rings. The molecule has 10 heavy (non-hydrogen) atoms. The highest BCUT2D eigenvalue weighted by Crippen LogP contribution is 2.52. The van der Waals surface area contributed by atoms with Crippen LogP contribution in [0.15, 0.2) is 11.6 Å². The summed E-state index contributed by atoms with van der Waals surface area (Å²) in [4.78, 5) is 12.8. The Morgan fingerprint density at radius 2 is 2.40 bits per heavy atom. The molecule has 54 valence electrons. The molecule has 0 unspecified atom stereocenters. The van der Waals surface area contributed by atoms with Crippen LogP contribution in [-0.2, 0) is 4.79 Å². The third kappa shape index (κ3) is 0.685. The van der Waals surface area contributed by atoms with E-state index in [9.17, 15) is 4.79 Å². The molecular weight excluding hydrogens is 282 g/mol. The SMILES string of the molecule is O=C1N2C=CS[C@@H]2C1(Br)Br. The summed E-state index contributed by atoms with van der Waals surface area (Å²) in [6.07, 6.45) is 1.80. The molecule has 0 N–H and O–H groups in total.